The minimum Gasteiger partial charge on any atom is -0.335 e. The smallest absolute Gasteiger partial charge is 0.265 e. The van der Waals surface area contributed by atoms with Gasteiger partial charge in [0.25, 0.3) is 11.3 Å². The van der Waals surface area contributed by atoms with Gasteiger partial charge in [-0.3, -0.25) is 9.78 Å². The minimum atomic E-state index is -0.266. The maximum absolute atomic E-state index is 11.6. The molecule has 1 N–H and O–H groups in total. The van der Waals surface area contributed by atoms with Gasteiger partial charge in [0.15, 0.2) is 0 Å². The van der Waals surface area contributed by atoms with Crippen molar-refractivity contribution in [2.24, 2.45) is 0 Å². The number of nitrogens with zero attached hydrogens (tertiary/aromatic N) is 3. The van der Waals surface area contributed by atoms with Crippen molar-refractivity contribution in [3.8, 4) is 11.3 Å². The molecule has 0 aromatic carbocycles. The van der Waals surface area contributed by atoms with Gasteiger partial charge in [-0.15, -0.1) is 0 Å². The molecule has 0 unspecified atom stereocenters. The monoisotopic (exact) mass is 214 g/mol. The van der Waals surface area contributed by atoms with E-state index in [0.29, 0.717) is 11.1 Å². The van der Waals surface area contributed by atoms with E-state index in [2.05, 4.69) is 20.1 Å². The quantitative estimate of drug-likeness (QED) is 0.652. The van der Waals surface area contributed by atoms with Crippen LogP contribution in [-0.4, -0.2) is 20.1 Å². The predicted octanol–water partition coefficient (Wildman–Crippen LogP) is 0.973. The van der Waals surface area contributed by atoms with E-state index < -0.39 is 0 Å². The summed E-state index contributed by atoms with van der Waals surface area (Å²) in [5, 5.41) is 4.20. The summed E-state index contributed by atoms with van der Waals surface area (Å²) in [7, 11) is 0. The van der Waals surface area contributed by atoms with Crippen LogP contribution in [0.4, 0.5) is 0 Å². The molecule has 3 aromatic heterocycles. The number of hydrogen-bond donors (Lipinski definition) is 1. The Morgan fingerprint density at radius 3 is 2.88 bits per heavy atom. The Labute approximate surface area is 89.0 Å². The number of fused-ring (bicyclic) bond motifs is 1. The van der Waals surface area contributed by atoms with Crippen LogP contribution in [0, 0.1) is 0 Å². The van der Waals surface area contributed by atoms with Crippen molar-refractivity contribution in [2.75, 3.05) is 0 Å². The van der Waals surface area contributed by atoms with Crippen molar-refractivity contribution in [2.45, 2.75) is 0 Å². The van der Waals surface area contributed by atoms with Crippen LogP contribution < -0.4 is 5.56 Å². The summed E-state index contributed by atoms with van der Waals surface area (Å²) in [6.45, 7) is 0. The molecule has 0 saturated carbocycles. The second-order valence-corrected chi connectivity index (χ2v) is 3.18. The van der Waals surface area contributed by atoms with E-state index >= 15 is 0 Å². The van der Waals surface area contributed by atoms with Crippen LogP contribution in [-0.2, 0) is 0 Å². The highest BCUT2D eigenvalue weighted by atomic mass is 16.5. The van der Waals surface area contributed by atoms with Crippen LogP contribution in [0.3, 0.4) is 0 Å². The number of aromatic nitrogens is 4. The van der Waals surface area contributed by atoms with Gasteiger partial charge in [-0.2, -0.15) is 0 Å². The number of pyridine rings is 1. The molecule has 6 nitrogen and oxygen atoms in total. The lowest BCUT2D eigenvalue weighted by molar-refractivity contribution is 0.451. The van der Waals surface area contributed by atoms with Gasteiger partial charge < -0.3 is 9.51 Å². The second-order valence-electron chi connectivity index (χ2n) is 3.18. The first-order chi connectivity index (χ1) is 7.86. The lowest BCUT2D eigenvalue weighted by atomic mass is 10.1. The summed E-state index contributed by atoms with van der Waals surface area (Å²) in [6.07, 6.45) is 4.53. The molecule has 0 aliphatic carbocycles. The van der Waals surface area contributed by atoms with Gasteiger partial charge in [0.1, 0.15) is 11.1 Å². The zero-order chi connectivity index (χ0) is 11.0. The molecule has 0 aliphatic heterocycles. The van der Waals surface area contributed by atoms with Crippen molar-refractivity contribution in [1.82, 2.24) is 20.1 Å². The molecule has 16 heavy (non-hydrogen) atoms. The van der Waals surface area contributed by atoms with Gasteiger partial charge in [-0.25, -0.2) is 4.98 Å². The Hall–Kier alpha value is -2.50. The van der Waals surface area contributed by atoms with E-state index in [0.717, 1.165) is 5.56 Å². The van der Waals surface area contributed by atoms with E-state index in [4.69, 9.17) is 4.52 Å². The highest BCUT2D eigenvalue weighted by molar-refractivity contribution is 5.88. The fraction of sp³-hybridized carbons (Fsp3) is 0. The van der Waals surface area contributed by atoms with Crippen LogP contribution in [0.15, 0.2) is 40.2 Å². The average molecular weight is 214 g/mol. The molecular weight excluding hydrogens is 208 g/mol. The zero-order valence-corrected chi connectivity index (χ0v) is 8.04. The Bertz CT molecular complexity index is 687. The van der Waals surface area contributed by atoms with Gasteiger partial charge in [0.2, 0.25) is 0 Å². The van der Waals surface area contributed by atoms with Gasteiger partial charge >= 0.3 is 0 Å². The molecule has 3 aromatic rings. The van der Waals surface area contributed by atoms with Crippen LogP contribution >= 0.6 is 0 Å². The minimum absolute atomic E-state index is 0.232. The van der Waals surface area contributed by atoms with Gasteiger partial charge in [0, 0.05) is 18.0 Å². The fourth-order valence-electron chi connectivity index (χ4n) is 1.50. The third kappa shape index (κ3) is 1.20. The molecule has 0 radical (unpaired) electrons. The molecule has 0 atom stereocenters. The third-order valence-electron chi connectivity index (χ3n) is 2.23. The molecule has 6 heteroatoms. The topological polar surface area (TPSA) is 84.7 Å². The van der Waals surface area contributed by atoms with Gasteiger partial charge in [-0.1, -0.05) is 5.16 Å². The standard InChI is InChI=1S/C10H6N4O2/c15-9-7-8(6-1-3-11-4-2-6)14-16-10(7)13-5-12-9/h1-5H,(H,12,13,15). The summed E-state index contributed by atoms with van der Waals surface area (Å²) in [5.41, 5.74) is 1.22. The maximum Gasteiger partial charge on any atom is 0.265 e. The first kappa shape index (κ1) is 8.78. The summed E-state index contributed by atoms with van der Waals surface area (Å²) in [5.74, 6) is 0. The number of nitrogens with one attached hydrogen (secondary N) is 1. The molecule has 78 valence electrons. The van der Waals surface area contributed by atoms with Crippen LogP contribution in [0.1, 0.15) is 0 Å². The lowest BCUT2D eigenvalue weighted by Crippen LogP contribution is -2.05. The first-order valence-electron chi connectivity index (χ1n) is 4.60. The van der Waals surface area contributed by atoms with Gasteiger partial charge in [-0.05, 0) is 12.1 Å². The molecule has 3 rings (SSSR count). The van der Waals surface area contributed by atoms with E-state index in [1.54, 1.807) is 24.5 Å². The molecule has 3 heterocycles. The normalized spacial score (nSPS) is 10.8. The molecule has 0 saturated heterocycles. The van der Waals surface area contributed by atoms with Crippen LogP contribution in [0.2, 0.25) is 0 Å². The molecule has 0 spiro atoms. The summed E-state index contributed by atoms with van der Waals surface area (Å²) < 4.78 is 4.98. The largest absolute Gasteiger partial charge is 0.335 e. The SMILES string of the molecule is O=c1[nH]cnc2onc(-c3ccncc3)c12. The van der Waals surface area contributed by atoms with Crippen molar-refractivity contribution in [1.29, 1.82) is 0 Å². The van der Waals surface area contributed by atoms with Crippen LogP contribution in [0.25, 0.3) is 22.4 Å². The zero-order valence-electron chi connectivity index (χ0n) is 8.04. The Balaban J connectivity index is 2.38. The van der Waals surface area contributed by atoms with Crippen molar-refractivity contribution >= 4 is 11.1 Å². The second kappa shape index (κ2) is 3.27. The highest BCUT2D eigenvalue weighted by Gasteiger charge is 2.14. The van der Waals surface area contributed by atoms with E-state index in [-0.39, 0.29) is 11.3 Å². The highest BCUT2D eigenvalue weighted by Crippen LogP contribution is 2.22. The average Bonchev–Trinajstić information content (AvgIpc) is 2.75. The van der Waals surface area contributed by atoms with Crippen molar-refractivity contribution in [3.05, 3.63) is 41.2 Å². The van der Waals surface area contributed by atoms with Crippen molar-refractivity contribution in [3.63, 3.8) is 0 Å². The Morgan fingerprint density at radius 2 is 2.06 bits per heavy atom. The lowest BCUT2D eigenvalue weighted by Gasteiger charge is -1.93. The molecule has 0 fully saturated rings. The van der Waals surface area contributed by atoms with Crippen LogP contribution in [0.5, 0.6) is 0 Å². The fourth-order valence-corrected chi connectivity index (χ4v) is 1.50. The molecular formula is C10H6N4O2. The van der Waals surface area contributed by atoms with Crippen molar-refractivity contribution < 1.29 is 4.52 Å². The Kier molecular flexibility index (Phi) is 1.79. The number of rotatable bonds is 1. The van der Waals surface area contributed by atoms with Gasteiger partial charge in [0.05, 0.1) is 6.33 Å². The summed E-state index contributed by atoms with van der Waals surface area (Å²) >= 11 is 0. The molecule has 0 amide bonds. The first-order valence-corrected chi connectivity index (χ1v) is 4.60. The van der Waals surface area contributed by atoms with E-state index in [1.165, 1.54) is 6.33 Å². The third-order valence-corrected chi connectivity index (χ3v) is 2.23. The molecule has 0 bridgehead atoms. The number of aromatic amines is 1. The van der Waals surface area contributed by atoms with E-state index in [1.807, 2.05) is 0 Å². The number of H-pyrrole nitrogens is 1. The number of hydrogen-bond acceptors (Lipinski definition) is 5. The molecule has 0 aliphatic rings. The maximum atomic E-state index is 11.6. The summed E-state index contributed by atoms with van der Waals surface area (Å²) in [4.78, 5) is 21.9. The predicted molar refractivity (Wildman–Crippen MR) is 55.7 cm³/mol. The van der Waals surface area contributed by atoms with E-state index in [9.17, 15) is 4.79 Å². The Morgan fingerprint density at radius 1 is 1.25 bits per heavy atom. The summed E-state index contributed by atoms with van der Waals surface area (Å²) in [6, 6.07) is 3.51.